The lowest BCUT2D eigenvalue weighted by atomic mass is 9.83. The molecule has 178 valence electrons. The number of benzene rings is 3. The molecule has 35 heavy (non-hydrogen) atoms. The summed E-state index contributed by atoms with van der Waals surface area (Å²) in [4.78, 5) is 50.9. The number of nitrogens with one attached hydrogen (secondary N) is 1. The van der Waals surface area contributed by atoms with E-state index in [1.165, 1.54) is 13.0 Å². The van der Waals surface area contributed by atoms with Crippen molar-refractivity contribution in [2.24, 2.45) is 0 Å². The molecule has 0 fully saturated rings. The van der Waals surface area contributed by atoms with E-state index in [0.717, 1.165) is 0 Å². The van der Waals surface area contributed by atoms with Gasteiger partial charge in [-0.2, -0.15) is 0 Å². The first kappa shape index (κ1) is 23.7. The molecule has 1 atom stereocenters. The van der Waals surface area contributed by atoms with Gasteiger partial charge in [-0.3, -0.25) is 14.4 Å². The van der Waals surface area contributed by atoms with Crippen molar-refractivity contribution in [3.63, 3.8) is 0 Å². The van der Waals surface area contributed by atoms with E-state index >= 15 is 0 Å². The van der Waals surface area contributed by atoms with Gasteiger partial charge in [0.25, 0.3) is 5.91 Å². The number of ether oxygens (including phenoxy) is 3. The average Bonchev–Trinajstić information content (AvgIpc) is 2.87. The number of hydrogen-bond donors (Lipinski definition) is 1. The van der Waals surface area contributed by atoms with Gasteiger partial charge in [0.2, 0.25) is 0 Å². The van der Waals surface area contributed by atoms with Gasteiger partial charge in [0.05, 0.1) is 17.9 Å². The van der Waals surface area contributed by atoms with Crippen LogP contribution in [0.2, 0.25) is 0 Å². The fraction of sp³-hybridized carbons (Fsp3) is 0.185. The predicted molar refractivity (Wildman–Crippen MR) is 127 cm³/mol. The van der Waals surface area contributed by atoms with Crippen LogP contribution in [0.3, 0.4) is 0 Å². The minimum Gasteiger partial charge on any atom is -0.490 e. The van der Waals surface area contributed by atoms with Crippen LogP contribution in [0.5, 0.6) is 11.5 Å². The Balaban J connectivity index is 1.42. The summed E-state index contributed by atoms with van der Waals surface area (Å²) in [5.41, 5.74) is 1.08. The van der Waals surface area contributed by atoms with Crippen molar-refractivity contribution < 1.29 is 33.4 Å². The lowest BCUT2D eigenvalue weighted by Crippen LogP contribution is -2.33. The molecule has 0 radical (unpaired) electrons. The third kappa shape index (κ3) is 4.91. The first-order valence-corrected chi connectivity index (χ1v) is 11.1. The molecule has 0 bridgehead atoms. The molecule has 1 unspecified atom stereocenters. The molecule has 1 amide bonds. The molecule has 8 nitrogen and oxygen atoms in total. The zero-order valence-corrected chi connectivity index (χ0v) is 19.2. The summed E-state index contributed by atoms with van der Waals surface area (Å²) in [5, 5.41) is 2.61. The minimum atomic E-state index is -1.18. The Morgan fingerprint density at radius 3 is 2.09 bits per heavy atom. The van der Waals surface area contributed by atoms with Gasteiger partial charge in [-0.15, -0.1) is 0 Å². The van der Waals surface area contributed by atoms with E-state index in [1.807, 2.05) is 6.92 Å². The van der Waals surface area contributed by atoms with Crippen LogP contribution in [0.1, 0.15) is 45.7 Å². The van der Waals surface area contributed by atoms with Crippen LogP contribution in [-0.2, 0) is 14.3 Å². The number of anilines is 1. The monoisotopic (exact) mass is 473 g/mol. The molecular formula is C27H23NO7. The van der Waals surface area contributed by atoms with Gasteiger partial charge in [-0.1, -0.05) is 48.5 Å². The Hall–Kier alpha value is -4.46. The molecule has 0 aliphatic heterocycles. The van der Waals surface area contributed by atoms with E-state index in [-0.39, 0.29) is 33.9 Å². The summed E-state index contributed by atoms with van der Waals surface area (Å²) in [6, 6.07) is 18.1. The van der Waals surface area contributed by atoms with E-state index in [0.29, 0.717) is 23.7 Å². The highest BCUT2D eigenvalue weighted by molar-refractivity contribution is 6.30. The average molecular weight is 473 g/mol. The third-order valence-corrected chi connectivity index (χ3v) is 5.38. The van der Waals surface area contributed by atoms with Crippen molar-refractivity contribution in [3.05, 3.63) is 89.0 Å². The van der Waals surface area contributed by atoms with Crippen LogP contribution in [-0.4, -0.2) is 42.8 Å². The zero-order valence-electron chi connectivity index (χ0n) is 19.2. The molecule has 1 aliphatic rings. The number of rotatable bonds is 8. The highest BCUT2D eigenvalue weighted by atomic mass is 16.6. The lowest BCUT2D eigenvalue weighted by Gasteiger charge is -2.21. The highest BCUT2D eigenvalue weighted by Gasteiger charge is 2.32. The molecule has 0 saturated carbocycles. The second-order valence-electron chi connectivity index (χ2n) is 7.72. The third-order valence-electron chi connectivity index (χ3n) is 5.38. The van der Waals surface area contributed by atoms with E-state index in [9.17, 15) is 19.2 Å². The summed E-state index contributed by atoms with van der Waals surface area (Å²) < 4.78 is 16.1. The number of ketones is 2. The Bertz CT molecular complexity index is 1310. The molecule has 8 heteroatoms. The number of carbonyl (C=O) groups is 4. The van der Waals surface area contributed by atoms with Crippen LogP contribution >= 0.6 is 0 Å². The standard InChI is InChI=1S/C27H23NO7/c1-3-33-21-13-6-7-14-22(21)34-15-23(29)35-16(2)27(32)28-20-12-8-11-19-24(20)26(31)18-10-5-4-9-17(18)25(19)30/h4-14,16H,3,15H2,1-2H3,(H,28,32). The normalized spacial score (nSPS) is 12.7. The maximum absolute atomic E-state index is 13.1. The van der Waals surface area contributed by atoms with Crippen LogP contribution in [0.15, 0.2) is 66.7 Å². The van der Waals surface area contributed by atoms with E-state index in [2.05, 4.69) is 5.32 Å². The molecule has 1 N–H and O–H groups in total. The van der Waals surface area contributed by atoms with Crippen LogP contribution < -0.4 is 14.8 Å². The fourth-order valence-corrected chi connectivity index (χ4v) is 3.75. The number of para-hydroxylation sites is 2. The molecule has 3 aromatic rings. The summed E-state index contributed by atoms with van der Waals surface area (Å²) in [7, 11) is 0. The van der Waals surface area contributed by atoms with Crippen molar-refractivity contribution in [2.75, 3.05) is 18.5 Å². The van der Waals surface area contributed by atoms with Crippen LogP contribution in [0.25, 0.3) is 0 Å². The van der Waals surface area contributed by atoms with Crippen molar-refractivity contribution in [3.8, 4) is 11.5 Å². The molecule has 3 aromatic carbocycles. The van der Waals surface area contributed by atoms with Gasteiger partial charge in [0.1, 0.15) is 0 Å². The maximum Gasteiger partial charge on any atom is 0.344 e. The van der Waals surface area contributed by atoms with E-state index in [1.54, 1.807) is 60.7 Å². The number of carbonyl (C=O) groups excluding carboxylic acids is 4. The van der Waals surface area contributed by atoms with Gasteiger partial charge < -0.3 is 19.5 Å². The fourth-order valence-electron chi connectivity index (χ4n) is 3.75. The smallest absolute Gasteiger partial charge is 0.344 e. The molecule has 0 spiro atoms. The van der Waals surface area contributed by atoms with E-state index in [4.69, 9.17) is 14.2 Å². The van der Waals surface area contributed by atoms with Gasteiger partial charge in [-0.05, 0) is 32.0 Å². The second-order valence-corrected chi connectivity index (χ2v) is 7.72. The summed E-state index contributed by atoms with van der Waals surface area (Å²) in [6.45, 7) is 3.24. The second kappa shape index (κ2) is 10.2. The molecular weight excluding hydrogens is 450 g/mol. The van der Waals surface area contributed by atoms with Crippen LogP contribution in [0, 0.1) is 0 Å². The summed E-state index contributed by atoms with van der Waals surface area (Å²) in [6.07, 6.45) is -1.18. The molecule has 0 heterocycles. The SMILES string of the molecule is CCOc1ccccc1OCC(=O)OC(C)C(=O)Nc1cccc2c1C(=O)c1ccccc1C2=O. The van der Waals surface area contributed by atoms with Crippen molar-refractivity contribution >= 4 is 29.1 Å². The number of hydrogen-bond acceptors (Lipinski definition) is 7. The van der Waals surface area contributed by atoms with Crippen molar-refractivity contribution in [1.29, 1.82) is 0 Å². The van der Waals surface area contributed by atoms with E-state index < -0.39 is 24.6 Å². The predicted octanol–water partition coefficient (Wildman–Crippen LogP) is 3.81. The number of esters is 1. The van der Waals surface area contributed by atoms with Gasteiger partial charge in [0, 0.05) is 16.7 Å². The quantitative estimate of drug-likeness (QED) is 0.388. The lowest BCUT2D eigenvalue weighted by molar-refractivity contribution is -0.155. The molecule has 0 saturated heterocycles. The minimum absolute atomic E-state index is 0.110. The maximum atomic E-state index is 13.1. The topological polar surface area (TPSA) is 108 Å². The molecule has 0 aromatic heterocycles. The summed E-state index contributed by atoms with van der Waals surface area (Å²) >= 11 is 0. The van der Waals surface area contributed by atoms with Gasteiger partial charge in [-0.25, -0.2) is 4.79 Å². The molecule has 1 aliphatic carbocycles. The van der Waals surface area contributed by atoms with Crippen LogP contribution in [0.4, 0.5) is 5.69 Å². The Morgan fingerprint density at radius 1 is 0.800 bits per heavy atom. The Kier molecular flexibility index (Phi) is 6.91. The first-order chi connectivity index (χ1) is 16.9. The Labute approximate surface area is 201 Å². The van der Waals surface area contributed by atoms with Gasteiger partial charge >= 0.3 is 5.97 Å². The number of fused-ring (bicyclic) bond motifs is 2. The van der Waals surface area contributed by atoms with Gasteiger partial charge in [0.15, 0.2) is 35.8 Å². The zero-order chi connectivity index (χ0) is 24.9. The molecule has 4 rings (SSSR count). The summed E-state index contributed by atoms with van der Waals surface area (Å²) in [5.74, 6) is -1.20. The van der Waals surface area contributed by atoms with Crippen molar-refractivity contribution in [2.45, 2.75) is 20.0 Å². The Morgan fingerprint density at radius 2 is 1.40 bits per heavy atom. The first-order valence-electron chi connectivity index (χ1n) is 11.1. The number of amides is 1. The van der Waals surface area contributed by atoms with Crippen molar-refractivity contribution in [1.82, 2.24) is 0 Å². The largest absolute Gasteiger partial charge is 0.490 e. The highest BCUT2D eigenvalue weighted by Crippen LogP contribution is 2.32.